The van der Waals surface area contributed by atoms with Gasteiger partial charge in [0, 0.05) is 10.4 Å². The minimum absolute atomic E-state index is 0.303. The lowest BCUT2D eigenvalue weighted by atomic mass is 9.96. The van der Waals surface area contributed by atoms with E-state index in [1.165, 1.54) is 11.3 Å². The number of benzene rings is 2. The van der Waals surface area contributed by atoms with Crippen LogP contribution in [0.2, 0.25) is 0 Å². The molecule has 0 spiro atoms. The summed E-state index contributed by atoms with van der Waals surface area (Å²) in [6.45, 7) is 1.79. The number of imidazole rings is 1. The zero-order valence-electron chi connectivity index (χ0n) is 19.3. The topological polar surface area (TPSA) is 108 Å². The molecule has 1 unspecified atom stereocenters. The second kappa shape index (κ2) is 9.72. The molecule has 2 aromatic heterocycles. The van der Waals surface area contributed by atoms with Gasteiger partial charge in [-0.3, -0.25) is 4.79 Å². The molecule has 0 saturated heterocycles. The van der Waals surface area contributed by atoms with Gasteiger partial charge in [-0.1, -0.05) is 37.3 Å². The molecular weight excluding hydrogens is 460 g/mol. The quantitative estimate of drug-likeness (QED) is 0.346. The lowest BCUT2D eigenvalue weighted by Crippen LogP contribution is -2.32. The van der Waals surface area contributed by atoms with Crippen LogP contribution in [-0.4, -0.2) is 27.9 Å². The van der Waals surface area contributed by atoms with Crippen LogP contribution in [0.1, 0.15) is 52.5 Å². The van der Waals surface area contributed by atoms with Crippen LogP contribution in [0, 0.1) is 11.3 Å². The highest BCUT2D eigenvalue weighted by Gasteiger charge is 2.27. The Morgan fingerprint density at radius 2 is 1.94 bits per heavy atom. The summed E-state index contributed by atoms with van der Waals surface area (Å²) in [5.41, 5.74) is 4.16. The molecule has 1 aliphatic carbocycles. The number of nitriles is 1. The summed E-state index contributed by atoms with van der Waals surface area (Å²) in [7, 11) is 0. The average molecular weight is 485 g/mol. The molecule has 8 heteroatoms. The number of nitrogens with one attached hydrogen (secondary N) is 2. The monoisotopic (exact) mass is 484 g/mol. The molecule has 2 heterocycles. The van der Waals surface area contributed by atoms with Gasteiger partial charge in [0.15, 0.2) is 6.10 Å². The number of hydrogen-bond acceptors (Lipinski definition) is 6. The van der Waals surface area contributed by atoms with E-state index >= 15 is 0 Å². The third kappa shape index (κ3) is 4.43. The molecular formula is C27H24N4O3S. The number of aromatic nitrogens is 2. The van der Waals surface area contributed by atoms with Crippen LogP contribution in [0.15, 0.2) is 48.5 Å². The number of ether oxygens (including phenoxy) is 1. The van der Waals surface area contributed by atoms with Gasteiger partial charge in [-0.25, -0.2) is 9.78 Å². The zero-order chi connectivity index (χ0) is 24.4. The summed E-state index contributed by atoms with van der Waals surface area (Å²) in [5, 5.41) is 13.1. The van der Waals surface area contributed by atoms with Crippen LogP contribution in [-0.2, 0) is 22.4 Å². The van der Waals surface area contributed by atoms with Gasteiger partial charge < -0.3 is 15.0 Å². The molecule has 7 nitrogen and oxygen atoms in total. The Balaban J connectivity index is 1.36. The Kier molecular flexibility index (Phi) is 6.34. The van der Waals surface area contributed by atoms with Crippen LogP contribution in [0.4, 0.5) is 5.00 Å². The summed E-state index contributed by atoms with van der Waals surface area (Å²) in [6.07, 6.45) is 3.23. The molecule has 1 aliphatic rings. The van der Waals surface area contributed by atoms with Crippen molar-refractivity contribution in [3.05, 3.63) is 70.1 Å². The number of amides is 1. The molecule has 5 rings (SSSR count). The van der Waals surface area contributed by atoms with Gasteiger partial charge in [0.1, 0.15) is 16.9 Å². The third-order valence-corrected chi connectivity index (χ3v) is 7.43. The molecule has 1 amide bonds. The number of esters is 1. The fourth-order valence-corrected chi connectivity index (χ4v) is 5.67. The maximum atomic E-state index is 13.2. The van der Waals surface area contributed by atoms with Crippen molar-refractivity contribution in [3.63, 3.8) is 0 Å². The van der Waals surface area contributed by atoms with E-state index in [0.29, 0.717) is 33.9 Å². The Morgan fingerprint density at radius 1 is 1.17 bits per heavy atom. The highest BCUT2D eigenvalue weighted by molar-refractivity contribution is 7.16. The van der Waals surface area contributed by atoms with Crippen molar-refractivity contribution in [2.24, 2.45) is 0 Å². The van der Waals surface area contributed by atoms with E-state index in [-0.39, 0.29) is 0 Å². The number of carbonyl (C=O) groups is 2. The van der Waals surface area contributed by atoms with Crippen LogP contribution < -0.4 is 5.32 Å². The third-order valence-electron chi connectivity index (χ3n) is 6.22. The predicted molar refractivity (Wildman–Crippen MR) is 135 cm³/mol. The number of carbonyl (C=O) groups excluding carboxylic acids is 2. The summed E-state index contributed by atoms with van der Waals surface area (Å²) < 4.78 is 5.66. The van der Waals surface area contributed by atoms with Crippen molar-refractivity contribution in [3.8, 4) is 17.5 Å². The van der Waals surface area contributed by atoms with E-state index < -0.39 is 18.0 Å². The molecule has 0 bridgehead atoms. The van der Waals surface area contributed by atoms with Gasteiger partial charge in [-0.2, -0.15) is 5.26 Å². The Bertz CT molecular complexity index is 1430. The summed E-state index contributed by atoms with van der Waals surface area (Å²) in [4.78, 5) is 35.2. The Hall–Kier alpha value is -3.96. The number of para-hydroxylation sites is 2. The van der Waals surface area contributed by atoms with Crippen molar-refractivity contribution in [1.82, 2.24) is 9.97 Å². The number of fused-ring (bicyclic) bond motifs is 2. The highest BCUT2D eigenvalue weighted by atomic mass is 32.1. The molecule has 0 radical (unpaired) electrons. The second-order valence-electron chi connectivity index (χ2n) is 8.47. The first-order valence-electron chi connectivity index (χ1n) is 11.7. The first-order valence-corrected chi connectivity index (χ1v) is 12.5. The van der Waals surface area contributed by atoms with Gasteiger partial charge in [0.2, 0.25) is 0 Å². The number of thiophene rings is 1. The molecule has 4 aromatic rings. The minimum atomic E-state index is -0.989. The summed E-state index contributed by atoms with van der Waals surface area (Å²) >= 11 is 1.45. The smallest absolute Gasteiger partial charge is 0.339 e. The van der Waals surface area contributed by atoms with Gasteiger partial charge in [0.05, 0.1) is 22.2 Å². The molecule has 35 heavy (non-hydrogen) atoms. The number of anilines is 1. The van der Waals surface area contributed by atoms with Gasteiger partial charge in [-0.05, 0) is 55.9 Å². The maximum Gasteiger partial charge on any atom is 0.339 e. The number of nitrogens with zero attached hydrogens (tertiary/aromatic N) is 2. The van der Waals surface area contributed by atoms with Crippen molar-refractivity contribution in [2.45, 2.75) is 45.1 Å². The number of aromatic amines is 1. The lowest BCUT2D eigenvalue weighted by Gasteiger charge is -2.16. The fourth-order valence-electron chi connectivity index (χ4n) is 4.43. The van der Waals surface area contributed by atoms with Gasteiger partial charge >= 0.3 is 5.97 Å². The zero-order valence-corrected chi connectivity index (χ0v) is 20.1. The molecule has 0 aliphatic heterocycles. The SMILES string of the molecule is CCC(OC(=O)c1ccccc1-c1nc2ccccc2[nH]1)C(=O)Nc1sc2c(c1C#N)CCCC2. The first-order chi connectivity index (χ1) is 17.1. The fraction of sp³-hybridized carbons (Fsp3) is 0.259. The van der Waals surface area contributed by atoms with Crippen molar-refractivity contribution >= 4 is 39.2 Å². The Morgan fingerprint density at radius 3 is 2.74 bits per heavy atom. The maximum absolute atomic E-state index is 13.2. The predicted octanol–water partition coefficient (Wildman–Crippen LogP) is 5.62. The summed E-state index contributed by atoms with van der Waals surface area (Å²) in [5.74, 6) is -0.481. The second-order valence-corrected chi connectivity index (χ2v) is 9.57. The van der Waals surface area contributed by atoms with Crippen molar-refractivity contribution < 1.29 is 14.3 Å². The molecule has 2 N–H and O–H groups in total. The van der Waals surface area contributed by atoms with Crippen molar-refractivity contribution in [1.29, 1.82) is 5.26 Å². The van der Waals surface area contributed by atoms with Crippen LogP contribution >= 0.6 is 11.3 Å². The molecule has 2 aromatic carbocycles. The number of hydrogen-bond donors (Lipinski definition) is 2. The average Bonchev–Trinajstić information content (AvgIpc) is 3.47. The van der Waals surface area contributed by atoms with Crippen LogP contribution in [0.5, 0.6) is 0 Å². The van der Waals surface area contributed by atoms with E-state index in [4.69, 9.17) is 4.74 Å². The Labute approximate surface area is 206 Å². The van der Waals surface area contributed by atoms with E-state index in [0.717, 1.165) is 47.2 Å². The van der Waals surface area contributed by atoms with E-state index in [2.05, 4.69) is 21.4 Å². The number of aryl methyl sites for hydroxylation is 1. The van der Waals surface area contributed by atoms with Crippen LogP contribution in [0.3, 0.4) is 0 Å². The normalized spacial score (nSPS) is 13.6. The van der Waals surface area contributed by atoms with Crippen molar-refractivity contribution in [2.75, 3.05) is 5.32 Å². The van der Waals surface area contributed by atoms with E-state index in [1.807, 2.05) is 30.3 Å². The first kappa shape index (κ1) is 22.8. The molecule has 176 valence electrons. The van der Waals surface area contributed by atoms with E-state index in [9.17, 15) is 14.9 Å². The molecule has 1 atom stereocenters. The standard InChI is InChI=1S/C27H24N4O3S/c1-2-22(25(32)31-26-19(15-28)16-9-5-8-14-23(16)35-26)34-27(33)18-11-4-3-10-17(18)24-29-20-12-6-7-13-21(20)30-24/h3-4,6-7,10-13,22H,2,5,8-9,14H2,1H3,(H,29,30)(H,31,32). The van der Waals surface area contributed by atoms with Gasteiger partial charge in [-0.15, -0.1) is 11.3 Å². The lowest BCUT2D eigenvalue weighted by molar-refractivity contribution is -0.124. The molecule has 0 saturated carbocycles. The number of H-pyrrole nitrogens is 1. The van der Waals surface area contributed by atoms with Gasteiger partial charge in [0.25, 0.3) is 5.91 Å². The summed E-state index contributed by atoms with van der Waals surface area (Å²) in [6, 6.07) is 16.9. The van der Waals surface area contributed by atoms with Crippen LogP contribution in [0.25, 0.3) is 22.4 Å². The highest BCUT2D eigenvalue weighted by Crippen LogP contribution is 2.37. The molecule has 0 fully saturated rings. The number of rotatable bonds is 6. The minimum Gasteiger partial charge on any atom is -0.449 e. The largest absolute Gasteiger partial charge is 0.449 e. The van der Waals surface area contributed by atoms with E-state index in [1.54, 1.807) is 25.1 Å².